The number of alkyl halides is 3. The van der Waals surface area contributed by atoms with Crippen LogP contribution in [0.3, 0.4) is 0 Å². The number of nitrogens with one attached hydrogen (secondary N) is 1. The summed E-state index contributed by atoms with van der Waals surface area (Å²) in [6.07, 6.45) is -4.48. The van der Waals surface area contributed by atoms with Crippen molar-refractivity contribution in [2.75, 3.05) is 7.05 Å². The monoisotopic (exact) mass is 291 g/mol. The molecule has 0 amide bonds. The molecule has 0 spiro atoms. The molecule has 0 saturated heterocycles. The van der Waals surface area contributed by atoms with E-state index in [4.69, 9.17) is 11.6 Å². The summed E-state index contributed by atoms with van der Waals surface area (Å²) in [6.45, 7) is 0.320. The summed E-state index contributed by atoms with van der Waals surface area (Å²) >= 11 is 5.70. The van der Waals surface area contributed by atoms with Crippen molar-refractivity contribution in [3.63, 3.8) is 0 Å². The molecule has 1 N–H and O–H groups in total. The van der Waals surface area contributed by atoms with E-state index >= 15 is 0 Å². The molecular formula is C10H9ClF3N5. The van der Waals surface area contributed by atoms with Crippen molar-refractivity contribution in [3.8, 4) is 5.69 Å². The average molecular weight is 292 g/mol. The molecule has 19 heavy (non-hydrogen) atoms. The van der Waals surface area contributed by atoms with Crippen LogP contribution in [0.4, 0.5) is 13.2 Å². The van der Waals surface area contributed by atoms with Crippen LogP contribution in [0.5, 0.6) is 0 Å². The van der Waals surface area contributed by atoms with Gasteiger partial charge in [0.15, 0.2) is 5.82 Å². The largest absolute Gasteiger partial charge is 0.416 e. The molecule has 1 heterocycles. The number of hydrogen-bond donors (Lipinski definition) is 1. The molecule has 0 atom stereocenters. The third-order valence-corrected chi connectivity index (χ3v) is 2.54. The first-order chi connectivity index (χ1) is 8.91. The highest BCUT2D eigenvalue weighted by Crippen LogP contribution is 2.32. The lowest BCUT2D eigenvalue weighted by Gasteiger charge is -2.10. The van der Waals surface area contributed by atoms with Crippen molar-refractivity contribution in [2.24, 2.45) is 0 Å². The predicted molar refractivity (Wildman–Crippen MR) is 61.9 cm³/mol. The molecule has 0 bridgehead atoms. The van der Waals surface area contributed by atoms with Crippen LogP contribution in [-0.2, 0) is 12.7 Å². The molecule has 102 valence electrons. The van der Waals surface area contributed by atoms with Crippen LogP contribution in [0.25, 0.3) is 5.69 Å². The molecule has 0 aliphatic rings. The van der Waals surface area contributed by atoms with Crippen LogP contribution in [0.2, 0.25) is 5.02 Å². The molecule has 2 rings (SSSR count). The summed E-state index contributed by atoms with van der Waals surface area (Å²) in [7, 11) is 1.68. The highest BCUT2D eigenvalue weighted by molar-refractivity contribution is 6.30. The van der Waals surface area contributed by atoms with Crippen molar-refractivity contribution >= 4 is 11.6 Å². The maximum absolute atomic E-state index is 12.7. The van der Waals surface area contributed by atoms with Gasteiger partial charge in [-0.1, -0.05) is 11.6 Å². The fourth-order valence-corrected chi connectivity index (χ4v) is 1.76. The topological polar surface area (TPSA) is 55.6 Å². The first-order valence-electron chi connectivity index (χ1n) is 5.22. The van der Waals surface area contributed by atoms with Gasteiger partial charge in [-0.3, -0.25) is 0 Å². The zero-order chi connectivity index (χ0) is 14.0. The Morgan fingerprint density at radius 1 is 1.32 bits per heavy atom. The smallest absolute Gasteiger partial charge is 0.313 e. The molecule has 1 aromatic heterocycles. The third-order valence-electron chi connectivity index (χ3n) is 2.32. The molecule has 9 heteroatoms. The minimum Gasteiger partial charge on any atom is -0.313 e. The molecule has 5 nitrogen and oxygen atoms in total. The van der Waals surface area contributed by atoms with Crippen LogP contribution in [0.15, 0.2) is 18.2 Å². The lowest BCUT2D eigenvalue weighted by molar-refractivity contribution is -0.137. The van der Waals surface area contributed by atoms with Crippen LogP contribution in [0.1, 0.15) is 11.4 Å². The van der Waals surface area contributed by atoms with E-state index in [0.29, 0.717) is 12.4 Å². The fourth-order valence-electron chi connectivity index (χ4n) is 1.53. The summed E-state index contributed by atoms with van der Waals surface area (Å²) in [6, 6.07) is 3.17. The Morgan fingerprint density at radius 2 is 2.05 bits per heavy atom. The van der Waals surface area contributed by atoms with Gasteiger partial charge < -0.3 is 5.32 Å². The Bertz CT molecular complexity index is 581. The van der Waals surface area contributed by atoms with Gasteiger partial charge in [-0.25, -0.2) is 0 Å². The minimum atomic E-state index is -4.48. The molecular weight excluding hydrogens is 283 g/mol. The predicted octanol–water partition coefficient (Wildman–Crippen LogP) is 2.05. The first kappa shape index (κ1) is 13.8. The Balaban J connectivity index is 2.50. The SMILES string of the molecule is CNCc1nnnn1-c1cc(Cl)cc(C(F)(F)F)c1. The molecule has 0 radical (unpaired) electrons. The quantitative estimate of drug-likeness (QED) is 0.940. The van der Waals surface area contributed by atoms with Gasteiger partial charge in [0.05, 0.1) is 17.8 Å². The number of nitrogens with zero attached hydrogens (tertiary/aromatic N) is 4. The van der Waals surface area contributed by atoms with Crippen molar-refractivity contribution < 1.29 is 13.2 Å². The van der Waals surface area contributed by atoms with Crippen LogP contribution < -0.4 is 5.32 Å². The number of aromatic nitrogens is 4. The van der Waals surface area contributed by atoms with E-state index in [2.05, 4.69) is 20.8 Å². The lowest BCUT2D eigenvalue weighted by atomic mass is 10.2. The second-order valence-corrected chi connectivity index (χ2v) is 4.17. The minimum absolute atomic E-state index is 0.0317. The zero-order valence-electron chi connectivity index (χ0n) is 9.74. The molecule has 0 fully saturated rings. The van der Waals surface area contributed by atoms with E-state index in [1.54, 1.807) is 7.05 Å². The number of tetrazole rings is 1. The Kier molecular flexibility index (Phi) is 3.72. The maximum Gasteiger partial charge on any atom is 0.416 e. The number of benzene rings is 1. The van der Waals surface area contributed by atoms with Gasteiger partial charge in [-0.05, 0) is 35.7 Å². The number of hydrogen-bond acceptors (Lipinski definition) is 4. The van der Waals surface area contributed by atoms with Gasteiger partial charge >= 0.3 is 6.18 Å². The Hall–Kier alpha value is -1.67. The Morgan fingerprint density at radius 3 is 2.68 bits per heavy atom. The van der Waals surface area contributed by atoms with Crippen molar-refractivity contribution in [3.05, 3.63) is 34.6 Å². The molecule has 0 unspecified atom stereocenters. The zero-order valence-corrected chi connectivity index (χ0v) is 10.5. The third kappa shape index (κ3) is 3.02. The molecule has 0 aliphatic heterocycles. The fraction of sp³-hybridized carbons (Fsp3) is 0.300. The van der Waals surface area contributed by atoms with Gasteiger partial charge in [-0.2, -0.15) is 17.9 Å². The molecule has 0 saturated carbocycles. The van der Waals surface area contributed by atoms with Crippen LogP contribution in [-0.4, -0.2) is 27.3 Å². The van der Waals surface area contributed by atoms with E-state index < -0.39 is 11.7 Å². The van der Waals surface area contributed by atoms with E-state index in [1.807, 2.05) is 0 Å². The second-order valence-electron chi connectivity index (χ2n) is 3.73. The van der Waals surface area contributed by atoms with Gasteiger partial charge in [0.2, 0.25) is 0 Å². The highest BCUT2D eigenvalue weighted by Gasteiger charge is 2.31. The first-order valence-corrected chi connectivity index (χ1v) is 5.59. The Labute approximate surface area is 111 Å². The summed E-state index contributed by atoms with van der Waals surface area (Å²) in [5, 5.41) is 13.6. The van der Waals surface area contributed by atoms with Crippen molar-refractivity contribution in [1.82, 2.24) is 25.5 Å². The van der Waals surface area contributed by atoms with Gasteiger partial charge in [0, 0.05) is 5.02 Å². The number of halogens is 4. The summed E-state index contributed by atoms with van der Waals surface area (Å²) in [5.41, 5.74) is -0.684. The van der Waals surface area contributed by atoms with E-state index in [1.165, 1.54) is 10.7 Å². The van der Waals surface area contributed by atoms with Crippen molar-refractivity contribution in [1.29, 1.82) is 0 Å². The van der Waals surface area contributed by atoms with Crippen LogP contribution >= 0.6 is 11.6 Å². The van der Waals surface area contributed by atoms with Gasteiger partial charge in [0.25, 0.3) is 0 Å². The lowest BCUT2D eigenvalue weighted by Crippen LogP contribution is -2.13. The summed E-state index contributed by atoms with van der Waals surface area (Å²) in [4.78, 5) is 0. The maximum atomic E-state index is 12.7. The van der Waals surface area contributed by atoms with E-state index in [9.17, 15) is 13.2 Å². The average Bonchev–Trinajstić information content (AvgIpc) is 2.76. The van der Waals surface area contributed by atoms with Crippen molar-refractivity contribution in [2.45, 2.75) is 12.7 Å². The molecule has 0 aliphatic carbocycles. The van der Waals surface area contributed by atoms with Gasteiger partial charge in [-0.15, -0.1) is 5.10 Å². The van der Waals surface area contributed by atoms with Crippen LogP contribution in [0, 0.1) is 0 Å². The van der Waals surface area contributed by atoms with E-state index in [-0.39, 0.29) is 10.7 Å². The molecule has 1 aromatic carbocycles. The standard InChI is InChI=1S/C10H9ClF3N5/c1-15-5-9-16-17-18-19(9)8-3-6(10(12,13)14)2-7(11)4-8/h2-4,15H,5H2,1H3. The summed E-state index contributed by atoms with van der Waals surface area (Å²) in [5.74, 6) is 0.387. The van der Waals surface area contributed by atoms with E-state index in [0.717, 1.165) is 12.1 Å². The molecule has 2 aromatic rings. The normalized spacial score (nSPS) is 11.8. The highest BCUT2D eigenvalue weighted by atomic mass is 35.5. The summed E-state index contributed by atoms with van der Waals surface area (Å²) < 4.78 is 39.3. The second kappa shape index (κ2) is 5.14. The van der Waals surface area contributed by atoms with Gasteiger partial charge in [0.1, 0.15) is 0 Å². The number of rotatable bonds is 3.